The van der Waals surface area contributed by atoms with Crippen molar-refractivity contribution < 1.29 is 16.5 Å². The Morgan fingerprint density at radius 1 is 0.590 bits per heavy atom. The molecule has 11 heteroatoms. The van der Waals surface area contributed by atoms with E-state index in [1.54, 1.807) is 12.4 Å². The number of thioether (sulfide) groups is 2. The quantitative estimate of drug-likeness (QED) is 0.0665. The van der Waals surface area contributed by atoms with Gasteiger partial charge in [0.25, 0.3) is 0 Å². The molecular formula is C28H26N6NiS4. The van der Waals surface area contributed by atoms with Gasteiger partial charge in [-0.25, -0.2) is 0 Å². The van der Waals surface area contributed by atoms with Gasteiger partial charge in [-0.15, -0.1) is 0 Å². The standard InChI is InChI=1S/2C14H13N3S2.Ni/c2*1-19-14(18)17-16-13(11-7-3-2-4-8-11)12-9-5-6-10-15-12;/h2*2-10H,1H3,(H,15,17,18);. The number of benzene rings is 2. The van der Waals surface area contributed by atoms with Crippen molar-refractivity contribution in [3.05, 3.63) is 143 Å². The van der Waals surface area contributed by atoms with Crippen LogP contribution >= 0.6 is 23.5 Å². The molecule has 0 aliphatic carbocycles. The van der Waals surface area contributed by atoms with E-state index < -0.39 is 0 Å². The van der Waals surface area contributed by atoms with Gasteiger partial charge in [0.1, 0.15) is 0 Å². The maximum Gasteiger partial charge on any atom is 0.174 e. The Balaban J connectivity index is 0.000000267. The summed E-state index contributed by atoms with van der Waals surface area (Å²) in [5.41, 5.74) is 13.2. The van der Waals surface area contributed by atoms with E-state index in [0.717, 1.165) is 33.9 Å². The monoisotopic (exact) mass is 632 g/mol. The van der Waals surface area contributed by atoms with Crippen LogP contribution in [0, 0.1) is 0 Å². The van der Waals surface area contributed by atoms with Crippen molar-refractivity contribution in [2.75, 3.05) is 12.5 Å². The smallest absolute Gasteiger partial charge is 0.174 e. The van der Waals surface area contributed by atoms with E-state index in [4.69, 9.17) is 0 Å². The number of rotatable bonds is 6. The maximum atomic E-state index is 4.33. The zero-order valence-corrected chi connectivity index (χ0v) is 25.5. The average molecular weight is 634 g/mol. The maximum absolute atomic E-state index is 4.33. The predicted molar refractivity (Wildman–Crippen MR) is 174 cm³/mol. The fraction of sp³-hybridized carbons (Fsp3) is 0.0714. The van der Waals surface area contributed by atoms with Crippen molar-refractivity contribution in [1.82, 2.24) is 9.97 Å². The summed E-state index contributed by atoms with van der Waals surface area (Å²) in [4.78, 5) is 8.65. The van der Waals surface area contributed by atoms with E-state index in [1.165, 1.54) is 23.5 Å². The first-order valence-corrected chi connectivity index (χ1v) is 14.7. The number of pyridine rings is 2. The minimum absolute atomic E-state index is 0. The van der Waals surface area contributed by atoms with Crippen molar-refractivity contribution >= 4 is 68.0 Å². The Bertz CT molecular complexity index is 1170. The minimum atomic E-state index is 0. The van der Waals surface area contributed by atoms with E-state index in [-0.39, 0.29) is 16.5 Å². The summed E-state index contributed by atoms with van der Waals surface area (Å²) >= 11 is 11.3. The topological polar surface area (TPSA) is 78.7 Å². The summed E-state index contributed by atoms with van der Waals surface area (Å²) in [6.45, 7) is 0. The molecule has 0 unspecified atom stereocenters. The molecule has 202 valence electrons. The number of nitrogens with zero attached hydrogens (tertiary/aromatic N) is 6. The largest absolute Gasteiger partial charge is 0.519 e. The van der Waals surface area contributed by atoms with E-state index in [2.05, 4.69) is 55.5 Å². The summed E-state index contributed by atoms with van der Waals surface area (Å²) < 4.78 is 1.23. The number of aromatic nitrogens is 2. The Morgan fingerprint density at radius 2 is 0.949 bits per heavy atom. The molecule has 0 aliphatic rings. The molecule has 0 fully saturated rings. The van der Waals surface area contributed by atoms with Crippen LogP contribution in [0.5, 0.6) is 0 Å². The Kier molecular flexibility index (Phi) is 15.2. The third kappa shape index (κ3) is 11.0. The SMILES string of the molecule is CSC(=[SH+])[N-]N=C(c1ccccc1)c1ccccn1.CSC(=[SH+])[N-]N=C(c1ccccc1)c1ccccn1.[Ni]. The second-order valence-corrected chi connectivity index (χ2v) is 10.3. The van der Waals surface area contributed by atoms with E-state index in [9.17, 15) is 0 Å². The van der Waals surface area contributed by atoms with Crippen molar-refractivity contribution in [3.8, 4) is 0 Å². The molecule has 0 N–H and O–H groups in total. The Hall–Kier alpha value is -2.95. The van der Waals surface area contributed by atoms with E-state index in [1.807, 2.05) is 110 Å². The summed E-state index contributed by atoms with van der Waals surface area (Å²) in [6, 6.07) is 31.2. The van der Waals surface area contributed by atoms with Gasteiger partial charge >= 0.3 is 0 Å². The molecule has 0 radical (unpaired) electrons. The second-order valence-electron chi connectivity index (χ2n) is 7.23. The van der Waals surface area contributed by atoms with E-state index >= 15 is 0 Å². The van der Waals surface area contributed by atoms with Crippen molar-refractivity contribution in [2.24, 2.45) is 10.2 Å². The van der Waals surface area contributed by atoms with Crippen LogP contribution in [-0.2, 0) is 40.9 Å². The van der Waals surface area contributed by atoms with Crippen LogP contribution in [0.4, 0.5) is 0 Å². The van der Waals surface area contributed by atoms with Crippen molar-refractivity contribution in [3.63, 3.8) is 0 Å². The molecule has 2 heterocycles. The summed E-state index contributed by atoms with van der Waals surface area (Å²) in [6.07, 6.45) is 7.30. The molecule has 0 spiro atoms. The van der Waals surface area contributed by atoms with Crippen LogP contribution in [-0.4, -0.2) is 42.5 Å². The molecule has 2 aromatic heterocycles. The van der Waals surface area contributed by atoms with Crippen LogP contribution in [0.2, 0.25) is 0 Å². The number of hydrogen-bond acceptors (Lipinski definition) is 6. The van der Waals surface area contributed by atoms with Crippen LogP contribution in [0.3, 0.4) is 0 Å². The van der Waals surface area contributed by atoms with Crippen molar-refractivity contribution in [1.29, 1.82) is 0 Å². The Morgan fingerprint density at radius 3 is 1.26 bits per heavy atom. The number of thiol groups is 2. The zero-order chi connectivity index (χ0) is 27.0. The van der Waals surface area contributed by atoms with Gasteiger partial charge < -0.3 is 21.1 Å². The van der Waals surface area contributed by atoms with Gasteiger partial charge in [0.15, 0.2) is 33.1 Å². The van der Waals surface area contributed by atoms with E-state index in [0.29, 0.717) is 8.64 Å². The summed E-state index contributed by atoms with van der Waals surface area (Å²) in [7, 11) is 0. The second kappa shape index (κ2) is 18.4. The molecular weight excluding hydrogens is 607 g/mol. The van der Waals surface area contributed by atoms with Gasteiger partial charge in [-0.3, -0.25) is 9.97 Å². The first-order valence-electron chi connectivity index (χ1n) is 11.3. The first kappa shape index (κ1) is 32.3. The first-order chi connectivity index (χ1) is 18.6. The molecule has 39 heavy (non-hydrogen) atoms. The minimum Gasteiger partial charge on any atom is -0.519 e. The average Bonchev–Trinajstić information content (AvgIpc) is 2.99. The Labute approximate surface area is 258 Å². The van der Waals surface area contributed by atoms with Crippen LogP contribution in [0.15, 0.2) is 120 Å². The number of hydrogen-bond donors (Lipinski definition) is 0. The third-order valence-electron chi connectivity index (χ3n) is 4.75. The molecule has 4 aromatic rings. The van der Waals surface area contributed by atoms with Gasteiger partial charge in [-0.05, 0) is 36.8 Å². The molecule has 0 bridgehead atoms. The van der Waals surface area contributed by atoms with Gasteiger partial charge in [0.2, 0.25) is 0 Å². The molecule has 6 nitrogen and oxygen atoms in total. The third-order valence-corrected chi connectivity index (χ3v) is 6.91. The molecule has 0 atom stereocenters. The van der Waals surface area contributed by atoms with Crippen LogP contribution in [0.25, 0.3) is 10.9 Å². The van der Waals surface area contributed by atoms with Gasteiger partial charge in [0, 0.05) is 40.0 Å². The zero-order valence-electron chi connectivity index (χ0n) is 21.1. The summed E-state index contributed by atoms with van der Waals surface area (Å²) in [5, 5.41) is 8.56. The molecule has 0 saturated heterocycles. The van der Waals surface area contributed by atoms with Crippen LogP contribution in [0.1, 0.15) is 22.5 Å². The van der Waals surface area contributed by atoms with Gasteiger partial charge in [-0.2, -0.15) is 0 Å². The van der Waals surface area contributed by atoms with Gasteiger partial charge in [-0.1, -0.05) is 96.3 Å². The normalized spacial score (nSPS) is 10.8. The van der Waals surface area contributed by atoms with Crippen LogP contribution < -0.4 is 0 Å². The molecule has 0 saturated carbocycles. The predicted octanol–water partition coefficient (Wildman–Crippen LogP) is 5.87. The molecule has 0 aliphatic heterocycles. The van der Waals surface area contributed by atoms with Gasteiger partial charge in [0.05, 0.1) is 22.8 Å². The molecule has 0 amide bonds. The molecule has 2 aromatic carbocycles. The fourth-order valence-corrected chi connectivity index (χ4v) is 3.31. The summed E-state index contributed by atoms with van der Waals surface area (Å²) in [5.74, 6) is 0. The molecule has 4 rings (SSSR count). The van der Waals surface area contributed by atoms with Crippen molar-refractivity contribution in [2.45, 2.75) is 0 Å². The fourth-order valence-electron chi connectivity index (χ4n) is 2.98.